The van der Waals surface area contributed by atoms with Crippen molar-refractivity contribution in [2.24, 2.45) is 0 Å². The average Bonchev–Trinajstić information content (AvgIpc) is 2.34. The van der Waals surface area contributed by atoms with E-state index >= 15 is 0 Å². The first-order chi connectivity index (χ1) is 9.36. The quantitative estimate of drug-likeness (QED) is 0.787. The lowest BCUT2D eigenvalue weighted by Crippen LogP contribution is -2.61. The minimum absolute atomic E-state index is 0.272. The Morgan fingerprint density at radius 3 is 2.15 bits per heavy atom. The van der Waals surface area contributed by atoms with Gasteiger partial charge in [0.1, 0.15) is 0 Å². The predicted molar refractivity (Wildman–Crippen MR) is 86.3 cm³/mol. The molecule has 0 aromatic heterocycles. The van der Waals surface area contributed by atoms with Crippen LogP contribution in [0.3, 0.4) is 0 Å². The monoisotopic (exact) mass is 282 g/mol. The normalized spacial score (nSPS) is 24.1. The van der Waals surface area contributed by atoms with Crippen LogP contribution in [0.15, 0.2) is 0 Å². The molecule has 4 heteroatoms. The number of piperazine rings is 1. The highest BCUT2D eigenvalue weighted by Crippen LogP contribution is 2.36. The second kappa shape index (κ2) is 6.30. The van der Waals surface area contributed by atoms with Gasteiger partial charge in [0.25, 0.3) is 0 Å². The molecule has 0 aromatic rings. The molecule has 1 saturated heterocycles. The van der Waals surface area contributed by atoms with Crippen molar-refractivity contribution >= 4 is 0 Å². The maximum atomic E-state index is 3.45. The molecule has 2 fully saturated rings. The minimum atomic E-state index is 0.272. The number of rotatable bonds is 6. The molecule has 118 valence electrons. The largest absolute Gasteiger partial charge is 0.314 e. The van der Waals surface area contributed by atoms with E-state index in [1.165, 1.54) is 38.9 Å². The van der Waals surface area contributed by atoms with Gasteiger partial charge in [0.05, 0.1) is 0 Å². The maximum Gasteiger partial charge on any atom is 0.0330 e. The first-order valence-corrected chi connectivity index (χ1v) is 8.18. The zero-order chi connectivity index (χ0) is 14.8. The van der Waals surface area contributed by atoms with Gasteiger partial charge in [-0.2, -0.15) is 0 Å². The number of nitrogens with zero attached hydrogens (tertiary/aromatic N) is 3. The summed E-state index contributed by atoms with van der Waals surface area (Å²) in [7, 11) is 6.79. The molecule has 0 unspecified atom stereocenters. The summed E-state index contributed by atoms with van der Waals surface area (Å²) in [6, 6.07) is 0. The fraction of sp³-hybridized carbons (Fsp3) is 1.00. The molecule has 0 amide bonds. The number of hydrogen-bond acceptors (Lipinski definition) is 4. The van der Waals surface area contributed by atoms with Crippen LogP contribution in [0.1, 0.15) is 33.1 Å². The van der Waals surface area contributed by atoms with E-state index in [2.05, 4.69) is 55.0 Å². The van der Waals surface area contributed by atoms with Crippen molar-refractivity contribution in [2.45, 2.75) is 44.2 Å². The van der Waals surface area contributed by atoms with Gasteiger partial charge in [-0.25, -0.2) is 0 Å². The molecule has 0 spiro atoms. The Bertz CT molecular complexity index is 304. The third kappa shape index (κ3) is 3.53. The molecule has 20 heavy (non-hydrogen) atoms. The van der Waals surface area contributed by atoms with Gasteiger partial charge < -0.3 is 15.1 Å². The number of hydrogen-bond donors (Lipinski definition) is 1. The molecular weight excluding hydrogens is 248 g/mol. The van der Waals surface area contributed by atoms with Crippen LogP contribution in [0.2, 0.25) is 0 Å². The Balaban J connectivity index is 1.87. The Morgan fingerprint density at radius 1 is 1.10 bits per heavy atom. The molecular formula is C16H34N4. The van der Waals surface area contributed by atoms with Crippen LogP contribution in [0.5, 0.6) is 0 Å². The molecule has 2 rings (SSSR count). The highest BCUT2D eigenvalue weighted by molar-refractivity contribution is 4.99. The summed E-state index contributed by atoms with van der Waals surface area (Å²) in [6.07, 6.45) is 4.12. The lowest BCUT2D eigenvalue weighted by Gasteiger charge is -2.51. The van der Waals surface area contributed by atoms with Crippen LogP contribution in [-0.4, -0.2) is 86.2 Å². The topological polar surface area (TPSA) is 21.8 Å². The van der Waals surface area contributed by atoms with E-state index in [0.717, 1.165) is 19.6 Å². The van der Waals surface area contributed by atoms with Gasteiger partial charge in [0, 0.05) is 50.3 Å². The van der Waals surface area contributed by atoms with Crippen molar-refractivity contribution in [1.29, 1.82) is 0 Å². The van der Waals surface area contributed by atoms with Crippen LogP contribution in [0.25, 0.3) is 0 Å². The lowest BCUT2D eigenvalue weighted by molar-refractivity contribution is 0.00574. The smallest absolute Gasteiger partial charge is 0.0330 e. The van der Waals surface area contributed by atoms with Crippen LogP contribution < -0.4 is 5.32 Å². The molecule has 0 radical (unpaired) electrons. The molecule has 1 aliphatic heterocycles. The SMILES string of the molecule is CN(CC(C)(C)N1CCNCC1)CC1(N(C)C)CCC1. The van der Waals surface area contributed by atoms with E-state index < -0.39 is 0 Å². The summed E-state index contributed by atoms with van der Waals surface area (Å²) in [5.41, 5.74) is 0.711. The molecule has 1 N–H and O–H groups in total. The van der Waals surface area contributed by atoms with Crippen LogP contribution in [0, 0.1) is 0 Å². The summed E-state index contributed by atoms with van der Waals surface area (Å²) < 4.78 is 0. The first kappa shape index (κ1) is 16.2. The van der Waals surface area contributed by atoms with Gasteiger partial charge in [0.2, 0.25) is 0 Å². The van der Waals surface area contributed by atoms with Crippen molar-refractivity contribution in [1.82, 2.24) is 20.0 Å². The van der Waals surface area contributed by atoms with E-state index in [-0.39, 0.29) is 5.54 Å². The second-order valence-corrected chi connectivity index (χ2v) is 7.69. The van der Waals surface area contributed by atoms with E-state index in [1.807, 2.05) is 0 Å². The summed E-state index contributed by atoms with van der Waals surface area (Å²) in [6.45, 7) is 11.8. The van der Waals surface area contributed by atoms with Gasteiger partial charge >= 0.3 is 0 Å². The third-order valence-electron chi connectivity index (χ3n) is 5.43. The zero-order valence-corrected chi connectivity index (χ0v) is 14.2. The van der Waals surface area contributed by atoms with Crippen LogP contribution in [-0.2, 0) is 0 Å². The maximum absolute atomic E-state index is 3.45. The van der Waals surface area contributed by atoms with Crippen LogP contribution >= 0.6 is 0 Å². The lowest BCUT2D eigenvalue weighted by atomic mass is 9.75. The Morgan fingerprint density at radius 2 is 1.70 bits per heavy atom. The van der Waals surface area contributed by atoms with E-state index in [0.29, 0.717) is 5.54 Å². The number of nitrogens with one attached hydrogen (secondary N) is 1. The summed E-state index contributed by atoms with van der Waals surface area (Å²) in [5.74, 6) is 0. The molecule has 0 atom stereocenters. The van der Waals surface area contributed by atoms with Gasteiger partial charge in [-0.15, -0.1) is 0 Å². The fourth-order valence-electron chi connectivity index (χ4n) is 3.92. The summed E-state index contributed by atoms with van der Waals surface area (Å²) in [5, 5.41) is 3.45. The highest BCUT2D eigenvalue weighted by Gasteiger charge is 2.40. The molecule has 0 bridgehead atoms. The van der Waals surface area contributed by atoms with E-state index in [4.69, 9.17) is 0 Å². The van der Waals surface area contributed by atoms with Crippen molar-refractivity contribution in [2.75, 3.05) is 60.4 Å². The van der Waals surface area contributed by atoms with Crippen LogP contribution in [0.4, 0.5) is 0 Å². The van der Waals surface area contributed by atoms with Gasteiger partial charge in [0.15, 0.2) is 0 Å². The number of likely N-dealkylation sites (N-methyl/N-ethyl adjacent to an activating group) is 2. The van der Waals surface area contributed by atoms with Gasteiger partial charge in [-0.05, 0) is 54.3 Å². The Kier molecular flexibility index (Phi) is 5.11. The summed E-state index contributed by atoms with van der Waals surface area (Å²) >= 11 is 0. The van der Waals surface area contributed by atoms with E-state index in [9.17, 15) is 0 Å². The van der Waals surface area contributed by atoms with Crippen molar-refractivity contribution in [3.8, 4) is 0 Å². The van der Waals surface area contributed by atoms with Gasteiger partial charge in [-0.1, -0.05) is 0 Å². The van der Waals surface area contributed by atoms with Crippen molar-refractivity contribution < 1.29 is 0 Å². The molecule has 1 aliphatic carbocycles. The molecule has 1 saturated carbocycles. The zero-order valence-electron chi connectivity index (χ0n) is 14.2. The predicted octanol–water partition coefficient (Wildman–Crippen LogP) is 1.09. The standard InChI is InChI=1S/C16H34N4/c1-15(2,20-11-9-17-10-12-20)13-19(5)14-16(18(3)4)7-6-8-16/h17H,6-14H2,1-5H3. The first-order valence-electron chi connectivity index (χ1n) is 8.18. The molecule has 1 heterocycles. The third-order valence-corrected chi connectivity index (χ3v) is 5.43. The Labute approximate surface area is 125 Å². The van der Waals surface area contributed by atoms with Crippen molar-refractivity contribution in [3.05, 3.63) is 0 Å². The molecule has 4 nitrogen and oxygen atoms in total. The molecule has 0 aromatic carbocycles. The molecule has 2 aliphatic rings. The second-order valence-electron chi connectivity index (χ2n) is 7.69. The van der Waals surface area contributed by atoms with E-state index in [1.54, 1.807) is 0 Å². The average molecular weight is 282 g/mol. The minimum Gasteiger partial charge on any atom is -0.314 e. The fourth-order valence-corrected chi connectivity index (χ4v) is 3.92. The van der Waals surface area contributed by atoms with Gasteiger partial charge in [-0.3, -0.25) is 4.90 Å². The highest BCUT2D eigenvalue weighted by atomic mass is 15.3. The van der Waals surface area contributed by atoms with Crippen molar-refractivity contribution in [3.63, 3.8) is 0 Å². The Hall–Kier alpha value is -0.160. The summed E-state index contributed by atoms with van der Waals surface area (Å²) in [4.78, 5) is 7.65.